The molecule has 4 atom stereocenters. The van der Waals surface area contributed by atoms with E-state index in [4.69, 9.17) is 14.2 Å². The SMILES string of the molecule is COc1ccc(CCNC(=O)[C@H]2[C@H]3C=C[C@]4(CN(Cc5ccncc5)C(=O)[C@@H]24)O3)cc1OC. The van der Waals surface area contributed by atoms with E-state index in [1.54, 1.807) is 31.5 Å². The molecular weight excluding hydrogens is 422 g/mol. The van der Waals surface area contributed by atoms with E-state index in [1.165, 1.54) is 0 Å². The number of pyridine rings is 1. The zero-order valence-electron chi connectivity index (χ0n) is 18.7. The zero-order chi connectivity index (χ0) is 23.0. The number of carbonyl (C=O) groups is 2. The number of likely N-dealkylation sites (tertiary alicyclic amines) is 1. The molecule has 33 heavy (non-hydrogen) atoms. The summed E-state index contributed by atoms with van der Waals surface area (Å²) in [6.07, 6.45) is 7.61. The predicted molar refractivity (Wildman–Crippen MR) is 120 cm³/mol. The summed E-state index contributed by atoms with van der Waals surface area (Å²) >= 11 is 0. The molecule has 1 aromatic heterocycles. The van der Waals surface area contributed by atoms with Gasteiger partial charge in [-0.15, -0.1) is 0 Å². The van der Waals surface area contributed by atoms with Gasteiger partial charge in [0.05, 0.1) is 38.7 Å². The third-order valence-electron chi connectivity index (χ3n) is 6.77. The van der Waals surface area contributed by atoms with Gasteiger partial charge in [-0.3, -0.25) is 14.6 Å². The van der Waals surface area contributed by atoms with Crippen molar-refractivity contribution in [3.8, 4) is 11.5 Å². The van der Waals surface area contributed by atoms with Gasteiger partial charge >= 0.3 is 0 Å². The summed E-state index contributed by atoms with van der Waals surface area (Å²) in [5.41, 5.74) is 1.32. The van der Waals surface area contributed by atoms with E-state index in [0.29, 0.717) is 37.6 Å². The van der Waals surface area contributed by atoms with Crippen molar-refractivity contribution >= 4 is 11.8 Å². The van der Waals surface area contributed by atoms with Crippen LogP contribution in [0.4, 0.5) is 0 Å². The van der Waals surface area contributed by atoms with Crippen LogP contribution in [0, 0.1) is 11.8 Å². The number of methoxy groups -OCH3 is 2. The summed E-state index contributed by atoms with van der Waals surface area (Å²) < 4.78 is 16.8. The molecule has 2 amide bonds. The minimum atomic E-state index is -0.708. The van der Waals surface area contributed by atoms with Gasteiger partial charge in [0.2, 0.25) is 11.8 Å². The van der Waals surface area contributed by atoms with Gasteiger partial charge in [-0.2, -0.15) is 0 Å². The maximum Gasteiger partial charge on any atom is 0.230 e. The van der Waals surface area contributed by atoms with E-state index in [1.807, 2.05) is 42.5 Å². The van der Waals surface area contributed by atoms with Crippen molar-refractivity contribution < 1.29 is 23.8 Å². The Labute approximate surface area is 192 Å². The molecule has 3 aliphatic rings. The molecular formula is C25H27N3O5. The van der Waals surface area contributed by atoms with E-state index in [9.17, 15) is 9.59 Å². The molecule has 8 nitrogen and oxygen atoms in total. The first-order valence-corrected chi connectivity index (χ1v) is 11.1. The van der Waals surface area contributed by atoms with E-state index < -0.39 is 17.4 Å². The lowest BCUT2D eigenvalue weighted by molar-refractivity contribution is -0.137. The molecule has 0 aliphatic carbocycles. The van der Waals surface area contributed by atoms with Crippen LogP contribution in [0.3, 0.4) is 0 Å². The summed E-state index contributed by atoms with van der Waals surface area (Å²) in [6.45, 7) is 1.40. The lowest BCUT2D eigenvalue weighted by Crippen LogP contribution is -2.44. The van der Waals surface area contributed by atoms with Gasteiger partial charge in [0.15, 0.2) is 11.5 Å². The molecule has 1 spiro atoms. The Morgan fingerprint density at radius 1 is 1.18 bits per heavy atom. The largest absolute Gasteiger partial charge is 0.493 e. The third-order valence-corrected chi connectivity index (χ3v) is 6.77. The average Bonchev–Trinajstić information content (AvgIpc) is 3.47. The summed E-state index contributed by atoms with van der Waals surface area (Å²) in [5, 5.41) is 3.01. The molecule has 1 N–H and O–H groups in total. The van der Waals surface area contributed by atoms with Gasteiger partial charge in [-0.1, -0.05) is 18.2 Å². The molecule has 2 bridgehead atoms. The Morgan fingerprint density at radius 2 is 1.97 bits per heavy atom. The standard InChI is InChI=1S/C25H27N3O5/c1-31-18-4-3-16(13-20(18)32-2)8-12-27-23(29)21-19-5-9-25(33-19)15-28(24(30)22(21)25)14-17-6-10-26-11-7-17/h3-7,9-11,13,19,21-22H,8,12,14-15H2,1-2H3,(H,27,29)/t19-,21+,22-,25-/m1/s1. The normalized spacial score (nSPS) is 27.0. The van der Waals surface area contributed by atoms with Crippen molar-refractivity contribution in [3.63, 3.8) is 0 Å². The highest BCUT2D eigenvalue weighted by Gasteiger charge is 2.66. The Morgan fingerprint density at radius 3 is 2.73 bits per heavy atom. The molecule has 3 aliphatic heterocycles. The van der Waals surface area contributed by atoms with Gasteiger partial charge < -0.3 is 24.4 Å². The van der Waals surface area contributed by atoms with Crippen LogP contribution in [0.15, 0.2) is 54.9 Å². The molecule has 0 unspecified atom stereocenters. The molecule has 4 heterocycles. The van der Waals surface area contributed by atoms with Gasteiger partial charge in [0.25, 0.3) is 0 Å². The summed E-state index contributed by atoms with van der Waals surface area (Å²) in [6, 6.07) is 9.49. The highest BCUT2D eigenvalue weighted by Crippen LogP contribution is 2.52. The molecule has 5 rings (SSSR count). The van der Waals surface area contributed by atoms with Crippen LogP contribution < -0.4 is 14.8 Å². The van der Waals surface area contributed by atoms with Gasteiger partial charge in [0, 0.05) is 25.5 Å². The number of benzene rings is 1. The highest BCUT2D eigenvalue weighted by molar-refractivity contribution is 5.93. The number of rotatable bonds is 8. The van der Waals surface area contributed by atoms with Gasteiger partial charge in [0.1, 0.15) is 5.60 Å². The van der Waals surface area contributed by atoms with Crippen LogP contribution >= 0.6 is 0 Å². The number of fused-ring (bicyclic) bond motifs is 1. The van der Waals surface area contributed by atoms with Gasteiger partial charge in [-0.05, 0) is 41.8 Å². The second kappa shape index (κ2) is 8.51. The average molecular weight is 450 g/mol. The van der Waals surface area contributed by atoms with Crippen molar-refractivity contribution in [2.24, 2.45) is 11.8 Å². The zero-order valence-corrected chi connectivity index (χ0v) is 18.7. The first-order valence-electron chi connectivity index (χ1n) is 11.1. The molecule has 8 heteroatoms. The molecule has 0 saturated carbocycles. The van der Waals surface area contributed by atoms with Crippen molar-refractivity contribution in [3.05, 3.63) is 66.0 Å². The molecule has 2 saturated heterocycles. The molecule has 172 valence electrons. The fourth-order valence-electron chi connectivity index (χ4n) is 5.20. The number of hydrogen-bond donors (Lipinski definition) is 1. The topological polar surface area (TPSA) is 90.0 Å². The third kappa shape index (κ3) is 3.74. The maximum atomic E-state index is 13.3. The first-order chi connectivity index (χ1) is 16.0. The lowest BCUT2D eigenvalue weighted by Gasteiger charge is -2.23. The lowest BCUT2D eigenvalue weighted by atomic mass is 9.77. The van der Waals surface area contributed by atoms with Gasteiger partial charge in [-0.25, -0.2) is 0 Å². The Balaban J connectivity index is 1.24. The fourth-order valence-corrected chi connectivity index (χ4v) is 5.20. The fraction of sp³-hybridized carbons (Fsp3) is 0.400. The monoisotopic (exact) mass is 449 g/mol. The number of carbonyl (C=O) groups excluding carboxylic acids is 2. The molecule has 2 fully saturated rings. The predicted octanol–water partition coefficient (Wildman–Crippen LogP) is 1.74. The smallest absolute Gasteiger partial charge is 0.230 e. The van der Waals surface area contributed by atoms with Crippen LogP contribution in [0.25, 0.3) is 0 Å². The number of amides is 2. The van der Waals surface area contributed by atoms with Crippen LogP contribution in [0.1, 0.15) is 11.1 Å². The summed E-state index contributed by atoms with van der Waals surface area (Å²) in [7, 11) is 3.19. The number of aromatic nitrogens is 1. The Hall–Kier alpha value is -3.39. The van der Waals surface area contributed by atoms with Crippen molar-refractivity contribution in [1.29, 1.82) is 0 Å². The number of ether oxygens (including phenoxy) is 3. The number of nitrogens with one attached hydrogen (secondary N) is 1. The van der Waals surface area contributed by atoms with Crippen LogP contribution in [-0.4, -0.2) is 60.7 Å². The van der Waals surface area contributed by atoms with Crippen molar-refractivity contribution in [1.82, 2.24) is 15.2 Å². The molecule has 2 aromatic rings. The number of nitrogens with zero attached hydrogens (tertiary/aromatic N) is 2. The second-order valence-electron chi connectivity index (χ2n) is 8.68. The van der Waals surface area contributed by atoms with Crippen molar-refractivity contribution in [2.75, 3.05) is 27.3 Å². The second-order valence-corrected chi connectivity index (χ2v) is 8.68. The van der Waals surface area contributed by atoms with Crippen LogP contribution in [0.5, 0.6) is 11.5 Å². The van der Waals surface area contributed by atoms with Crippen LogP contribution in [-0.2, 0) is 27.3 Å². The van der Waals surface area contributed by atoms with Crippen molar-refractivity contribution in [2.45, 2.75) is 24.7 Å². The van der Waals surface area contributed by atoms with E-state index in [-0.39, 0.29) is 17.9 Å². The minimum absolute atomic E-state index is 0.0290. The minimum Gasteiger partial charge on any atom is -0.493 e. The molecule has 1 aromatic carbocycles. The maximum absolute atomic E-state index is 13.3. The Bertz CT molecular complexity index is 1090. The van der Waals surface area contributed by atoms with E-state index >= 15 is 0 Å². The van der Waals surface area contributed by atoms with E-state index in [2.05, 4.69) is 10.3 Å². The first kappa shape index (κ1) is 21.5. The summed E-state index contributed by atoms with van der Waals surface area (Å²) in [5.74, 6) is 0.138. The molecule has 0 radical (unpaired) electrons. The number of hydrogen-bond acceptors (Lipinski definition) is 6. The van der Waals surface area contributed by atoms with E-state index in [0.717, 1.165) is 11.1 Å². The summed E-state index contributed by atoms with van der Waals surface area (Å²) in [4.78, 5) is 32.3. The Kier molecular flexibility index (Phi) is 5.54. The highest BCUT2D eigenvalue weighted by atomic mass is 16.5. The quantitative estimate of drug-likeness (QED) is 0.618. The van der Waals surface area contributed by atoms with Crippen LogP contribution in [0.2, 0.25) is 0 Å².